The normalized spacial score (nSPS) is 16.4. The summed E-state index contributed by atoms with van der Waals surface area (Å²) in [5.74, 6) is -0.181. The molecule has 3 rings (SSSR count). The van der Waals surface area contributed by atoms with Crippen molar-refractivity contribution in [2.75, 3.05) is 19.8 Å². The van der Waals surface area contributed by atoms with E-state index in [9.17, 15) is 9.59 Å². The van der Waals surface area contributed by atoms with Crippen LogP contribution in [0.4, 0.5) is 4.79 Å². The minimum atomic E-state index is -0.805. The van der Waals surface area contributed by atoms with Gasteiger partial charge in [-0.3, -0.25) is 10.2 Å². The number of carbonyl (C=O) groups excluding carboxylic acids is 2. The Labute approximate surface area is 171 Å². The summed E-state index contributed by atoms with van der Waals surface area (Å²) in [5.41, 5.74) is 5.52. The molecule has 0 saturated carbocycles. The number of rotatable bonds is 5. The highest BCUT2D eigenvalue weighted by Crippen LogP contribution is 2.28. The quantitative estimate of drug-likeness (QED) is 0.702. The molecule has 1 saturated heterocycles. The van der Waals surface area contributed by atoms with Crippen LogP contribution in [0.25, 0.3) is 11.3 Å². The van der Waals surface area contributed by atoms with E-state index < -0.39 is 18.3 Å². The molecule has 2 aromatic rings. The summed E-state index contributed by atoms with van der Waals surface area (Å²) >= 11 is 1.45. The molecule has 11 heteroatoms. The molecular formula is C18H24N4O6S. The standard InChI is InChI=1S/C18H24N4O6S/c1-10-14(12-7-29-11(2)19-12)15(22-28-10)16(23)20-21-17(24)25-6-5-13-26-8-18(3,4)9-27-13/h7,13H,5-6,8-9H2,1-4H3,(H,20,23)(H,21,24). The number of aryl methyl sites for hydroxylation is 2. The number of carbonyl (C=O) groups is 2. The van der Waals surface area contributed by atoms with Crippen molar-refractivity contribution in [3.05, 3.63) is 21.8 Å². The van der Waals surface area contributed by atoms with Crippen LogP contribution in [0.5, 0.6) is 0 Å². The van der Waals surface area contributed by atoms with Crippen molar-refractivity contribution in [1.29, 1.82) is 0 Å². The van der Waals surface area contributed by atoms with E-state index in [1.54, 1.807) is 6.92 Å². The molecule has 0 aromatic carbocycles. The predicted octanol–water partition coefficient (Wildman–Crippen LogP) is 2.58. The Morgan fingerprint density at radius 1 is 1.28 bits per heavy atom. The molecule has 2 N–H and O–H groups in total. The molecule has 29 heavy (non-hydrogen) atoms. The van der Waals surface area contributed by atoms with Gasteiger partial charge < -0.3 is 18.7 Å². The van der Waals surface area contributed by atoms with Crippen LogP contribution in [-0.4, -0.2) is 48.3 Å². The molecule has 0 unspecified atom stereocenters. The Morgan fingerprint density at radius 2 is 2.00 bits per heavy atom. The Bertz CT molecular complexity index is 868. The van der Waals surface area contributed by atoms with E-state index in [4.69, 9.17) is 18.7 Å². The third-order valence-corrected chi connectivity index (χ3v) is 4.91. The van der Waals surface area contributed by atoms with Gasteiger partial charge in [-0.2, -0.15) is 0 Å². The number of ether oxygens (including phenoxy) is 3. The van der Waals surface area contributed by atoms with Crippen LogP contribution >= 0.6 is 11.3 Å². The minimum absolute atomic E-state index is 0.0193. The summed E-state index contributed by atoms with van der Waals surface area (Å²) in [7, 11) is 0. The Hall–Kier alpha value is -2.50. The third kappa shape index (κ3) is 5.52. The molecule has 158 valence electrons. The van der Waals surface area contributed by atoms with E-state index in [0.29, 0.717) is 36.7 Å². The van der Waals surface area contributed by atoms with Gasteiger partial charge in [0.2, 0.25) is 0 Å². The zero-order chi connectivity index (χ0) is 21.0. The Kier molecular flexibility index (Phi) is 6.50. The van der Waals surface area contributed by atoms with Gasteiger partial charge in [-0.25, -0.2) is 15.2 Å². The monoisotopic (exact) mass is 424 g/mol. The van der Waals surface area contributed by atoms with E-state index in [0.717, 1.165) is 5.01 Å². The highest BCUT2D eigenvalue weighted by atomic mass is 32.1. The molecule has 0 aliphatic carbocycles. The largest absolute Gasteiger partial charge is 0.448 e. The average Bonchev–Trinajstić information content (AvgIpc) is 3.26. The lowest BCUT2D eigenvalue weighted by atomic mass is 9.95. The van der Waals surface area contributed by atoms with Crippen LogP contribution in [0.15, 0.2) is 9.90 Å². The molecule has 2 aromatic heterocycles. The fourth-order valence-electron chi connectivity index (χ4n) is 2.65. The van der Waals surface area contributed by atoms with E-state index in [1.165, 1.54) is 11.3 Å². The van der Waals surface area contributed by atoms with Crippen molar-refractivity contribution < 1.29 is 28.3 Å². The van der Waals surface area contributed by atoms with Crippen molar-refractivity contribution in [3.8, 4) is 11.3 Å². The molecule has 0 radical (unpaired) electrons. The first kappa shape index (κ1) is 21.2. The number of hydrazine groups is 1. The van der Waals surface area contributed by atoms with E-state index in [-0.39, 0.29) is 17.7 Å². The molecule has 1 aliphatic rings. The highest BCUT2D eigenvalue weighted by molar-refractivity contribution is 7.09. The number of amides is 2. The molecule has 2 amide bonds. The van der Waals surface area contributed by atoms with Gasteiger partial charge in [-0.15, -0.1) is 11.3 Å². The van der Waals surface area contributed by atoms with Gasteiger partial charge in [0.05, 0.1) is 36.1 Å². The average molecular weight is 424 g/mol. The zero-order valence-electron chi connectivity index (χ0n) is 16.7. The summed E-state index contributed by atoms with van der Waals surface area (Å²) in [6, 6.07) is 0. The third-order valence-electron chi connectivity index (χ3n) is 4.14. The lowest BCUT2D eigenvalue weighted by Crippen LogP contribution is -2.43. The predicted molar refractivity (Wildman–Crippen MR) is 103 cm³/mol. The van der Waals surface area contributed by atoms with Gasteiger partial charge in [0.1, 0.15) is 5.76 Å². The highest BCUT2D eigenvalue weighted by Gasteiger charge is 2.28. The summed E-state index contributed by atoms with van der Waals surface area (Å²) in [6.45, 7) is 8.89. The van der Waals surface area contributed by atoms with E-state index in [2.05, 4.69) is 21.0 Å². The molecular weight excluding hydrogens is 400 g/mol. The second-order valence-corrected chi connectivity index (χ2v) is 8.50. The maximum atomic E-state index is 12.4. The van der Waals surface area contributed by atoms with Gasteiger partial charge in [0, 0.05) is 17.2 Å². The van der Waals surface area contributed by atoms with Crippen molar-refractivity contribution in [1.82, 2.24) is 21.0 Å². The molecule has 3 heterocycles. The van der Waals surface area contributed by atoms with Crippen LogP contribution in [0.2, 0.25) is 0 Å². The van der Waals surface area contributed by atoms with Crippen LogP contribution in [0, 0.1) is 19.3 Å². The number of nitrogens with one attached hydrogen (secondary N) is 2. The second kappa shape index (κ2) is 8.89. The van der Waals surface area contributed by atoms with Crippen molar-refractivity contribution in [3.63, 3.8) is 0 Å². The van der Waals surface area contributed by atoms with Crippen molar-refractivity contribution in [2.45, 2.75) is 40.4 Å². The van der Waals surface area contributed by atoms with Crippen LogP contribution in [0.3, 0.4) is 0 Å². The van der Waals surface area contributed by atoms with E-state index >= 15 is 0 Å². The number of hydrogen-bond donors (Lipinski definition) is 2. The summed E-state index contributed by atoms with van der Waals surface area (Å²) < 4.78 is 21.3. The molecule has 1 fully saturated rings. The molecule has 0 bridgehead atoms. The van der Waals surface area contributed by atoms with E-state index in [1.807, 2.05) is 26.2 Å². The summed E-state index contributed by atoms with van der Waals surface area (Å²) in [5, 5.41) is 6.43. The first-order valence-corrected chi connectivity index (χ1v) is 9.98. The lowest BCUT2D eigenvalue weighted by molar-refractivity contribution is -0.225. The summed E-state index contributed by atoms with van der Waals surface area (Å²) in [6.07, 6.45) is -0.818. The first-order valence-electron chi connectivity index (χ1n) is 9.10. The number of aromatic nitrogens is 2. The minimum Gasteiger partial charge on any atom is -0.448 e. The fourth-order valence-corrected chi connectivity index (χ4v) is 3.26. The lowest BCUT2D eigenvalue weighted by Gasteiger charge is -2.34. The van der Waals surface area contributed by atoms with Crippen molar-refractivity contribution in [2.24, 2.45) is 5.41 Å². The zero-order valence-corrected chi connectivity index (χ0v) is 17.6. The fraction of sp³-hybridized carbons (Fsp3) is 0.556. The SMILES string of the molecule is Cc1nc(-c2c(C(=O)NNC(=O)OCCC3OCC(C)(C)CO3)noc2C)cs1. The van der Waals surface area contributed by atoms with Gasteiger partial charge >= 0.3 is 6.09 Å². The molecule has 0 spiro atoms. The number of hydrogen-bond acceptors (Lipinski definition) is 9. The van der Waals surface area contributed by atoms with Gasteiger partial charge in [-0.1, -0.05) is 19.0 Å². The molecule has 0 atom stereocenters. The Morgan fingerprint density at radius 3 is 2.66 bits per heavy atom. The molecule has 1 aliphatic heterocycles. The summed E-state index contributed by atoms with van der Waals surface area (Å²) in [4.78, 5) is 28.5. The van der Waals surface area contributed by atoms with Crippen LogP contribution < -0.4 is 10.9 Å². The maximum Gasteiger partial charge on any atom is 0.426 e. The van der Waals surface area contributed by atoms with Crippen LogP contribution in [-0.2, 0) is 14.2 Å². The second-order valence-electron chi connectivity index (χ2n) is 7.43. The topological polar surface area (TPSA) is 125 Å². The number of nitrogens with zero attached hydrogens (tertiary/aromatic N) is 2. The van der Waals surface area contributed by atoms with Gasteiger partial charge in [0.15, 0.2) is 12.0 Å². The first-order chi connectivity index (χ1) is 13.7. The molecule has 10 nitrogen and oxygen atoms in total. The maximum absolute atomic E-state index is 12.4. The van der Waals surface area contributed by atoms with Gasteiger partial charge in [-0.05, 0) is 13.8 Å². The Balaban J connectivity index is 1.45. The van der Waals surface area contributed by atoms with Crippen LogP contribution in [0.1, 0.15) is 41.5 Å². The smallest absolute Gasteiger partial charge is 0.426 e. The number of thiazole rings is 1. The van der Waals surface area contributed by atoms with Crippen molar-refractivity contribution >= 4 is 23.3 Å². The van der Waals surface area contributed by atoms with Gasteiger partial charge in [0.25, 0.3) is 5.91 Å².